The van der Waals surface area contributed by atoms with Crippen molar-refractivity contribution in [2.45, 2.75) is 13.0 Å². The van der Waals surface area contributed by atoms with Gasteiger partial charge in [-0.05, 0) is 37.3 Å². The minimum Gasteiger partial charge on any atom is -0.484 e. The average molecular weight is 289 g/mol. The summed E-state index contributed by atoms with van der Waals surface area (Å²) in [4.78, 5) is 11.8. The summed E-state index contributed by atoms with van der Waals surface area (Å²) in [6, 6.07) is 12.4. The molecule has 1 unspecified atom stereocenters. The molecule has 0 saturated carbocycles. The van der Waals surface area contributed by atoms with Crippen molar-refractivity contribution in [2.24, 2.45) is 0 Å². The highest BCUT2D eigenvalue weighted by molar-refractivity contribution is 5.92. The van der Waals surface area contributed by atoms with E-state index in [2.05, 4.69) is 5.32 Å². The summed E-state index contributed by atoms with van der Waals surface area (Å²) in [5, 5.41) is 12.3. The molecule has 0 aliphatic carbocycles. The van der Waals surface area contributed by atoms with Gasteiger partial charge in [0.05, 0.1) is 6.10 Å². The molecule has 1 amide bonds. The summed E-state index contributed by atoms with van der Waals surface area (Å²) in [5.41, 5.74) is 1.17. The van der Waals surface area contributed by atoms with E-state index < -0.39 is 6.10 Å². The van der Waals surface area contributed by atoms with E-state index >= 15 is 0 Å². The van der Waals surface area contributed by atoms with E-state index in [1.807, 2.05) is 0 Å². The molecule has 2 rings (SSSR count). The highest BCUT2D eigenvalue weighted by Crippen LogP contribution is 2.22. The lowest BCUT2D eigenvalue weighted by molar-refractivity contribution is -0.118. The van der Waals surface area contributed by atoms with E-state index in [0.29, 0.717) is 17.0 Å². The number of benzene rings is 2. The lowest BCUT2D eigenvalue weighted by Gasteiger charge is -2.13. The topological polar surface area (TPSA) is 58.6 Å². The molecule has 0 bridgehead atoms. The Kier molecular flexibility index (Phi) is 4.90. The van der Waals surface area contributed by atoms with Gasteiger partial charge >= 0.3 is 0 Å². The molecule has 0 aromatic heterocycles. The number of nitrogens with one attached hydrogen (secondary N) is 1. The monoisotopic (exact) mass is 289 g/mol. The van der Waals surface area contributed by atoms with Crippen LogP contribution in [0.5, 0.6) is 5.75 Å². The zero-order chi connectivity index (χ0) is 15.2. The van der Waals surface area contributed by atoms with Gasteiger partial charge in [-0.3, -0.25) is 4.79 Å². The summed E-state index contributed by atoms with van der Waals surface area (Å²) in [6.45, 7) is 1.43. The Morgan fingerprint density at radius 1 is 1.24 bits per heavy atom. The molecular formula is C16H16FNO3. The first-order valence-electron chi connectivity index (χ1n) is 6.51. The van der Waals surface area contributed by atoms with E-state index in [9.17, 15) is 14.3 Å². The molecule has 2 aromatic rings. The Morgan fingerprint density at radius 3 is 2.57 bits per heavy atom. The molecule has 0 fully saturated rings. The van der Waals surface area contributed by atoms with Gasteiger partial charge in [0, 0.05) is 11.3 Å². The number of hydrogen-bond donors (Lipinski definition) is 2. The number of halogens is 1. The Bertz CT molecular complexity index is 611. The van der Waals surface area contributed by atoms with Crippen LogP contribution < -0.4 is 10.1 Å². The number of ether oxygens (including phenoxy) is 1. The first kappa shape index (κ1) is 15.0. The Hall–Kier alpha value is -2.40. The maximum atomic E-state index is 12.7. The predicted octanol–water partition coefficient (Wildman–Crippen LogP) is 2.90. The van der Waals surface area contributed by atoms with Gasteiger partial charge in [0.1, 0.15) is 11.6 Å². The summed E-state index contributed by atoms with van der Waals surface area (Å²) in [6.07, 6.45) is -0.681. The van der Waals surface area contributed by atoms with Crippen molar-refractivity contribution in [1.29, 1.82) is 0 Å². The molecule has 2 aromatic carbocycles. The zero-order valence-corrected chi connectivity index (χ0v) is 11.5. The van der Waals surface area contributed by atoms with Crippen molar-refractivity contribution in [1.82, 2.24) is 0 Å². The van der Waals surface area contributed by atoms with Gasteiger partial charge < -0.3 is 15.2 Å². The van der Waals surface area contributed by atoms with Crippen LogP contribution in [0.3, 0.4) is 0 Å². The number of carbonyl (C=O) groups excluding carboxylic acids is 1. The zero-order valence-electron chi connectivity index (χ0n) is 11.5. The van der Waals surface area contributed by atoms with Gasteiger partial charge in [-0.1, -0.05) is 18.2 Å². The van der Waals surface area contributed by atoms with Crippen LogP contribution in [0, 0.1) is 5.82 Å². The molecule has 0 radical (unpaired) electrons. The van der Waals surface area contributed by atoms with Crippen LogP contribution in [0.25, 0.3) is 0 Å². The summed E-state index contributed by atoms with van der Waals surface area (Å²) in [5.74, 6) is -0.305. The van der Waals surface area contributed by atoms with Gasteiger partial charge in [-0.2, -0.15) is 0 Å². The molecule has 0 aliphatic heterocycles. The quantitative estimate of drug-likeness (QED) is 0.889. The van der Waals surface area contributed by atoms with Gasteiger partial charge in [-0.25, -0.2) is 4.39 Å². The van der Waals surface area contributed by atoms with Crippen LogP contribution in [-0.4, -0.2) is 17.6 Å². The number of aliphatic hydroxyl groups excluding tert-OH is 1. The van der Waals surface area contributed by atoms with Crippen LogP contribution in [-0.2, 0) is 4.79 Å². The number of rotatable bonds is 5. The second kappa shape index (κ2) is 6.85. The van der Waals surface area contributed by atoms with Crippen molar-refractivity contribution >= 4 is 11.6 Å². The van der Waals surface area contributed by atoms with Crippen molar-refractivity contribution in [3.05, 3.63) is 59.9 Å². The van der Waals surface area contributed by atoms with Gasteiger partial charge in [0.25, 0.3) is 5.91 Å². The van der Waals surface area contributed by atoms with Crippen molar-refractivity contribution in [2.75, 3.05) is 11.9 Å². The average Bonchev–Trinajstić information content (AvgIpc) is 2.47. The first-order chi connectivity index (χ1) is 10.1. The van der Waals surface area contributed by atoms with E-state index in [4.69, 9.17) is 4.74 Å². The molecule has 0 saturated heterocycles. The predicted molar refractivity (Wildman–Crippen MR) is 77.6 cm³/mol. The molecule has 1 atom stereocenters. The molecule has 21 heavy (non-hydrogen) atoms. The molecular weight excluding hydrogens is 273 g/mol. The fourth-order valence-electron chi connectivity index (χ4n) is 1.84. The third-order valence-electron chi connectivity index (χ3n) is 2.87. The molecule has 5 heteroatoms. The number of amides is 1. The van der Waals surface area contributed by atoms with E-state index in [1.165, 1.54) is 24.3 Å². The van der Waals surface area contributed by atoms with Crippen LogP contribution in [0.15, 0.2) is 48.5 Å². The second-order valence-corrected chi connectivity index (χ2v) is 4.55. The van der Waals surface area contributed by atoms with Crippen molar-refractivity contribution < 1.29 is 19.0 Å². The summed E-state index contributed by atoms with van der Waals surface area (Å²) < 4.78 is 18.0. The smallest absolute Gasteiger partial charge is 0.262 e. The number of para-hydroxylation sites is 1. The third-order valence-corrected chi connectivity index (χ3v) is 2.87. The fourth-order valence-corrected chi connectivity index (χ4v) is 1.84. The largest absolute Gasteiger partial charge is 0.484 e. The van der Waals surface area contributed by atoms with Gasteiger partial charge in [0.2, 0.25) is 0 Å². The highest BCUT2D eigenvalue weighted by Gasteiger charge is 2.10. The third kappa shape index (κ3) is 4.29. The lowest BCUT2D eigenvalue weighted by Crippen LogP contribution is -2.21. The minimum absolute atomic E-state index is 0.195. The molecule has 110 valence electrons. The lowest BCUT2D eigenvalue weighted by atomic mass is 10.1. The second-order valence-electron chi connectivity index (χ2n) is 4.55. The molecule has 4 nitrogen and oxygen atoms in total. The Labute approximate surface area is 122 Å². The molecule has 0 spiro atoms. The highest BCUT2D eigenvalue weighted by atomic mass is 19.1. The maximum Gasteiger partial charge on any atom is 0.262 e. The van der Waals surface area contributed by atoms with Crippen molar-refractivity contribution in [3.63, 3.8) is 0 Å². The van der Waals surface area contributed by atoms with E-state index in [1.54, 1.807) is 31.2 Å². The van der Waals surface area contributed by atoms with Gasteiger partial charge in [-0.15, -0.1) is 0 Å². The van der Waals surface area contributed by atoms with Crippen LogP contribution in [0.4, 0.5) is 10.1 Å². The standard InChI is InChI=1S/C16H16FNO3/c1-11(19)14-4-2-3-5-15(14)18-16(20)10-21-13-8-6-12(17)7-9-13/h2-9,11,19H,10H2,1H3,(H,18,20). The first-order valence-corrected chi connectivity index (χ1v) is 6.51. The Morgan fingerprint density at radius 2 is 1.90 bits per heavy atom. The minimum atomic E-state index is -0.681. The molecule has 0 heterocycles. The maximum absolute atomic E-state index is 12.7. The summed E-state index contributed by atoms with van der Waals surface area (Å²) >= 11 is 0. The fraction of sp³-hybridized carbons (Fsp3) is 0.188. The Balaban J connectivity index is 1.94. The van der Waals surface area contributed by atoms with Crippen molar-refractivity contribution in [3.8, 4) is 5.75 Å². The number of aliphatic hydroxyl groups is 1. The number of carbonyl (C=O) groups is 1. The molecule has 0 aliphatic rings. The van der Waals surface area contributed by atoms with Crippen LogP contribution in [0.1, 0.15) is 18.6 Å². The molecule has 2 N–H and O–H groups in total. The summed E-state index contributed by atoms with van der Waals surface area (Å²) in [7, 11) is 0. The van der Waals surface area contributed by atoms with E-state index in [0.717, 1.165) is 0 Å². The normalized spacial score (nSPS) is 11.8. The van der Waals surface area contributed by atoms with Crippen LogP contribution >= 0.6 is 0 Å². The van der Waals surface area contributed by atoms with Gasteiger partial charge in [0.15, 0.2) is 6.61 Å². The van der Waals surface area contributed by atoms with E-state index in [-0.39, 0.29) is 18.3 Å². The number of hydrogen-bond acceptors (Lipinski definition) is 3. The number of anilines is 1. The van der Waals surface area contributed by atoms with Crippen LogP contribution in [0.2, 0.25) is 0 Å². The SMILES string of the molecule is CC(O)c1ccccc1NC(=O)COc1ccc(F)cc1.